The molecule has 2 aromatic carbocycles. The maximum absolute atomic E-state index is 13.9. The Morgan fingerprint density at radius 3 is 2.69 bits per heavy atom. The number of nitrogens with two attached hydrogens (primary N) is 1. The highest BCUT2D eigenvalue weighted by atomic mass is 32.2. The molecule has 0 spiro atoms. The molecule has 4 N–H and O–H groups in total. The Kier molecular flexibility index (Phi) is 9.50. The van der Waals surface area contributed by atoms with Crippen LogP contribution < -0.4 is 11.1 Å². The van der Waals surface area contributed by atoms with E-state index < -0.39 is 34.4 Å². The van der Waals surface area contributed by atoms with Crippen LogP contribution in [0.2, 0.25) is 0 Å². The minimum atomic E-state index is -4.03. The third-order valence-electron chi connectivity index (χ3n) is 7.75. The predicted octanol–water partition coefficient (Wildman–Crippen LogP) is 3.00. The second-order valence-corrected chi connectivity index (χ2v) is 13.3. The summed E-state index contributed by atoms with van der Waals surface area (Å²) < 4.78 is 51.4. The first-order chi connectivity index (χ1) is 20.2. The van der Waals surface area contributed by atoms with E-state index in [1.807, 2.05) is 44.2 Å². The normalized spacial score (nSPS) is 22.0. The third-order valence-corrected chi connectivity index (χ3v) is 9.58. The lowest BCUT2D eigenvalue weighted by Gasteiger charge is -2.31. The van der Waals surface area contributed by atoms with Crippen LogP contribution in [-0.4, -0.2) is 74.8 Å². The number of aliphatic hydroxyl groups excluding tert-OH is 1. The first-order valence-electron chi connectivity index (χ1n) is 14.3. The summed E-state index contributed by atoms with van der Waals surface area (Å²) in [5.74, 6) is -0.0639. The molecule has 0 radical (unpaired) electrons. The number of sulfonamides is 1. The number of carbonyl (C=O) groups excluding carboxylic acids is 1. The van der Waals surface area contributed by atoms with Gasteiger partial charge in [-0.15, -0.1) is 0 Å². The van der Waals surface area contributed by atoms with Gasteiger partial charge in [0.1, 0.15) is 11.7 Å². The highest BCUT2D eigenvalue weighted by molar-refractivity contribution is 7.89. The molecule has 11 nitrogen and oxygen atoms in total. The number of ether oxygens (including phenoxy) is 3. The van der Waals surface area contributed by atoms with Crippen LogP contribution in [0.15, 0.2) is 64.1 Å². The molecule has 5 rings (SSSR count). The van der Waals surface area contributed by atoms with Crippen LogP contribution >= 0.6 is 0 Å². The molecule has 1 aromatic heterocycles. The third kappa shape index (κ3) is 6.80. The van der Waals surface area contributed by atoms with Gasteiger partial charge in [0.15, 0.2) is 6.29 Å². The zero-order chi connectivity index (χ0) is 29.9. The molecule has 42 heavy (non-hydrogen) atoms. The fraction of sp³-hybridized carbons (Fsp3) is 0.500. The average molecular weight is 602 g/mol. The fourth-order valence-electron chi connectivity index (χ4n) is 5.56. The predicted molar refractivity (Wildman–Crippen MR) is 155 cm³/mol. The second kappa shape index (κ2) is 13.1. The van der Waals surface area contributed by atoms with Gasteiger partial charge in [0.25, 0.3) is 0 Å². The van der Waals surface area contributed by atoms with Gasteiger partial charge in [-0.1, -0.05) is 44.2 Å². The molecule has 2 saturated heterocycles. The van der Waals surface area contributed by atoms with Gasteiger partial charge in [-0.05, 0) is 42.5 Å². The van der Waals surface area contributed by atoms with Crippen molar-refractivity contribution in [1.29, 1.82) is 0 Å². The number of benzene rings is 2. The van der Waals surface area contributed by atoms with Crippen molar-refractivity contribution in [2.45, 2.75) is 62.7 Å². The zero-order valence-electron chi connectivity index (χ0n) is 23.8. The van der Waals surface area contributed by atoms with E-state index in [4.69, 9.17) is 24.4 Å². The van der Waals surface area contributed by atoms with E-state index in [2.05, 4.69) is 5.32 Å². The average Bonchev–Trinajstić information content (AvgIpc) is 3.69. The van der Waals surface area contributed by atoms with Gasteiger partial charge in [-0.3, -0.25) is 0 Å². The van der Waals surface area contributed by atoms with E-state index in [0.29, 0.717) is 23.1 Å². The van der Waals surface area contributed by atoms with Crippen LogP contribution in [0.1, 0.15) is 31.4 Å². The molecule has 5 atom stereocenters. The summed E-state index contributed by atoms with van der Waals surface area (Å²) in [6.45, 7) is 4.72. The molecule has 2 aliphatic heterocycles. The number of furan rings is 1. The summed E-state index contributed by atoms with van der Waals surface area (Å²) in [6, 6.07) is 13.2. The van der Waals surface area contributed by atoms with Crippen molar-refractivity contribution in [2.24, 2.45) is 17.6 Å². The summed E-state index contributed by atoms with van der Waals surface area (Å²) in [4.78, 5) is 13.1. The van der Waals surface area contributed by atoms with Gasteiger partial charge >= 0.3 is 6.09 Å². The minimum Gasteiger partial charge on any atom is -0.464 e. The number of aliphatic hydroxyl groups is 1. The molecule has 0 bridgehead atoms. The maximum Gasteiger partial charge on any atom is 0.407 e. The lowest BCUT2D eigenvalue weighted by molar-refractivity contribution is -0.0907. The summed E-state index contributed by atoms with van der Waals surface area (Å²) in [6.07, 6.45) is -0.249. The van der Waals surface area contributed by atoms with Crippen molar-refractivity contribution >= 4 is 27.1 Å². The van der Waals surface area contributed by atoms with E-state index in [0.717, 1.165) is 12.0 Å². The summed E-state index contributed by atoms with van der Waals surface area (Å²) in [7, 11) is -4.03. The second-order valence-electron chi connectivity index (χ2n) is 11.3. The molecule has 228 valence electrons. The van der Waals surface area contributed by atoms with Crippen molar-refractivity contribution in [2.75, 3.05) is 26.3 Å². The molecule has 3 aromatic rings. The molecule has 2 aliphatic rings. The van der Waals surface area contributed by atoms with Gasteiger partial charge in [0.05, 0.1) is 42.4 Å². The number of rotatable bonds is 12. The quantitative estimate of drug-likeness (QED) is 0.284. The van der Waals surface area contributed by atoms with Crippen LogP contribution in [0.3, 0.4) is 0 Å². The van der Waals surface area contributed by atoms with Crippen LogP contribution in [0.5, 0.6) is 0 Å². The summed E-state index contributed by atoms with van der Waals surface area (Å²) >= 11 is 0. The van der Waals surface area contributed by atoms with Crippen molar-refractivity contribution in [3.63, 3.8) is 0 Å². The summed E-state index contributed by atoms with van der Waals surface area (Å²) in [5.41, 5.74) is 7.92. The fourth-order valence-corrected chi connectivity index (χ4v) is 7.21. The van der Waals surface area contributed by atoms with Gasteiger partial charge in [0, 0.05) is 30.6 Å². The number of nitrogens with zero attached hydrogens (tertiary/aromatic N) is 1. The van der Waals surface area contributed by atoms with E-state index in [1.165, 1.54) is 16.6 Å². The Balaban J connectivity index is 1.36. The van der Waals surface area contributed by atoms with Gasteiger partial charge in [0.2, 0.25) is 10.0 Å². The highest BCUT2D eigenvalue weighted by Crippen LogP contribution is 2.33. The van der Waals surface area contributed by atoms with Crippen LogP contribution in [0.25, 0.3) is 11.0 Å². The largest absolute Gasteiger partial charge is 0.464 e. The Morgan fingerprint density at radius 1 is 1.17 bits per heavy atom. The molecule has 12 heteroatoms. The minimum absolute atomic E-state index is 0.0290. The van der Waals surface area contributed by atoms with E-state index >= 15 is 0 Å². The lowest BCUT2D eigenvalue weighted by Crippen LogP contribution is -2.51. The SMILES string of the molecule is CC(C)CN(C[C@@H](O)[C@H](Cc1ccccc1)NC(=O)OC1CO[C@H]2OCC[C@@H]12)S(=O)(=O)c1ccc2occ(CN)c2c1. The molecular formula is C30H39N3O8S. The Morgan fingerprint density at radius 2 is 1.95 bits per heavy atom. The molecule has 0 aliphatic carbocycles. The molecular weight excluding hydrogens is 562 g/mol. The van der Waals surface area contributed by atoms with E-state index in [-0.39, 0.29) is 55.7 Å². The Bertz CT molecular complexity index is 1460. The van der Waals surface area contributed by atoms with Gasteiger partial charge < -0.3 is 34.8 Å². The molecule has 3 heterocycles. The number of amides is 1. The highest BCUT2D eigenvalue weighted by Gasteiger charge is 2.44. The molecule has 1 unspecified atom stereocenters. The van der Waals surface area contributed by atoms with E-state index in [1.54, 1.807) is 12.1 Å². The molecule has 0 saturated carbocycles. The number of fused-ring (bicyclic) bond motifs is 2. The number of alkyl carbamates (subject to hydrolysis) is 1. The zero-order valence-corrected chi connectivity index (χ0v) is 24.7. The van der Waals surface area contributed by atoms with Crippen LogP contribution in [0.4, 0.5) is 4.79 Å². The van der Waals surface area contributed by atoms with Crippen LogP contribution in [0, 0.1) is 11.8 Å². The van der Waals surface area contributed by atoms with Gasteiger partial charge in [-0.2, -0.15) is 4.31 Å². The maximum atomic E-state index is 13.9. The van der Waals surface area contributed by atoms with Crippen molar-refractivity contribution in [3.05, 3.63) is 65.9 Å². The smallest absolute Gasteiger partial charge is 0.407 e. The van der Waals surface area contributed by atoms with E-state index in [9.17, 15) is 18.3 Å². The van der Waals surface area contributed by atoms with Crippen molar-refractivity contribution in [3.8, 4) is 0 Å². The summed E-state index contributed by atoms with van der Waals surface area (Å²) in [5, 5.41) is 14.9. The Labute approximate surface area is 245 Å². The first kappa shape index (κ1) is 30.5. The number of carbonyl (C=O) groups is 1. The van der Waals surface area contributed by atoms with Crippen molar-refractivity contribution in [1.82, 2.24) is 9.62 Å². The topological polar surface area (TPSA) is 154 Å². The first-order valence-corrected chi connectivity index (χ1v) is 15.7. The van der Waals surface area contributed by atoms with Crippen molar-refractivity contribution < 1.29 is 36.9 Å². The molecule has 2 fully saturated rings. The van der Waals surface area contributed by atoms with Gasteiger partial charge in [-0.25, -0.2) is 13.2 Å². The lowest BCUT2D eigenvalue weighted by atomic mass is 10.0. The number of nitrogens with one attached hydrogen (secondary N) is 1. The number of hydrogen-bond acceptors (Lipinski definition) is 9. The molecule has 1 amide bonds. The van der Waals surface area contributed by atoms with Crippen LogP contribution in [-0.2, 0) is 37.2 Å². The monoisotopic (exact) mass is 601 g/mol. The Hall–Kier alpha value is -3.00. The number of hydrogen-bond donors (Lipinski definition) is 3. The standard InChI is InChI=1S/C30H39N3O8S/c1-19(2)15-33(42(36,37)22-8-9-27-24(13-22)21(14-31)17-39-27)16-26(34)25(12-20-6-4-3-5-7-20)32-30(35)41-28-18-40-29-23(28)10-11-38-29/h3-9,13,17,19,23,25-26,28-29,34H,10-12,14-16,18,31H2,1-2H3,(H,32,35)/t23-,25-,26+,28?,29+/m0/s1.